The number of hydrogen-bond acceptors (Lipinski definition) is 8. The summed E-state index contributed by atoms with van der Waals surface area (Å²) in [6, 6.07) is 7.09. The number of benzene rings is 1. The number of pyridine rings is 1. The largest absolute Gasteiger partial charge is 0.437 e. The number of nitrogens with zero attached hydrogens (tertiary/aromatic N) is 4. The number of fused-ring (bicyclic) bond motifs is 3. The molecule has 1 saturated heterocycles. The Labute approximate surface area is 211 Å². The second kappa shape index (κ2) is 8.46. The Morgan fingerprint density at radius 2 is 2.03 bits per heavy atom. The molecule has 6 rings (SSSR count). The first kappa shape index (κ1) is 22.8. The topological polar surface area (TPSA) is 119 Å². The number of allylic oxidation sites excluding steroid dienone is 2. The van der Waals surface area contributed by atoms with Crippen molar-refractivity contribution in [2.24, 2.45) is 12.0 Å². The third kappa shape index (κ3) is 3.78. The van der Waals surface area contributed by atoms with Crippen LogP contribution in [0.1, 0.15) is 34.3 Å². The molecule has 0 unspecified atom stereocenters. The van der Waals surface area contributed by atoms with Gasteiger partial charge < -0.3 is 14.1 Å². The van der Waals surface area contributed by atoms with E-state index >= 15 is 0 Å². The lowest BCUT2D eigenvalue weighted by Crippen LogP contribution is -2.48. The van der Waals surface area contributed by atoms with Crippen LogP contribution in [0.5, 0.6) is 0 Å². The second-order valence-corrected chi connectivity index (χ2v) is 9.30. The van der Waals surface area contributed by atoms with Gasteiger partial charge >= 0.3 is 11.8 Å². The van der Waals surface area contributed by atoms with Gasteiger partial charge in [-0.1, -0.05) is 0 Å². The molecule has 0 aliphatic carbocycles. The fraction of sp³-hybridized carbons (Fsp3) is 0.259. The lowest BCUT2D eigenvalue weighted by Gasteiger charge is -2.44. The van der Waals surface area contributed by atoms with Crippen LogP contribution in [0, 0.1) is 6.92 Å². The summed E-state index contributed by atoms with van der Waals surface area (Å²) >= 11 is 0. The number of aryl methyl sites for hydroxylation is 2. The van der Waals surface area contributed by atoms with E-state index in [-0.39, 0.29) is 5.78 Å². The number of nitrogens with one attached hydrogen (secondary N) is 1. The van der Waals surface area contributed by atoms with Crippen LogP contribution in [0.3, 0.4) is 0 Å². The van der Waals surface area contributed by atoms with Gasteiger partial charge in [-0.25, -0.2) is 19.6 Å². The van der Waals surface area contributed by atoms with Gasteiger partial charge in [-0.3, -0.25) is 14.7 Å². The highest BCUT2D eigenvalue weighted by molar-refractivity contribution is 6.12. The quantitative estimate of drug-likeness (QED) is 0.434. The Kier molecular flexibility index (Phi) is 5.20. The first-order chi connectivity index (χ1) is 17.8. The van der Waals surface area contributed by atoms with Crippen LogP contribution in [0.2, 0.25) is 0 Å². The molecule has 10 heteroatoms. The summed E-state index contributed by atoms with van der Waals surface area (Å²) in [5.74, 6) is 0.416. The molecule has 1 aromatic carbocycles. The van der Waals surface area contributed by atoms with Crippen LogP contribution < -0.4 is 11.1 Å². The van der Waals surface area contributed by atoms with Gasteiger partial charge in [0.15, 0.2) is 5.58 Å². The van der Waals surface area contributed by atoms with Crippen LogP contribution in [0.15, 0.2) is 73.9 Å². The number of hydrogen-bond donors (Lipinski definition) is 1. The van der Waals surface area contributed by atoms with E-state index in [1.165, 1.54) is 4.57 Å². The Bertz CT molecular complexity index is 1660. The maximum absolute atomic E-state index is 13.4. The minimum atomic E-state index is -0.753. The molecular weight excluding hydrogens is 474 g/mol. The number of oxazole rings is 1. The summed E-state index contributed by atoms with van der Waals surface area (Å²) in [4.78, 5) is 48.5. The van der Waals surface area contributed by atoms with Gasteiger partial charge in [0.1, 0.15) is 17.2 Å². The van der Waals surface area contributed by atoms with Crippen LogP contribution in [-0.2, 0) is 17.4 Å². The first-order valence-electron chi connectivity index (χ1n) is 11.9. The van der Waals surface area contributed by atoms with E-state index in [9.17, 15) is 14.4 Å². The van der Waals surface area contributed by atoms with Crippen molar-refractivity contribution in [2.75, 3.05) is 18.4 Å². The number of rotatable bonds is 3. The highest BCUT2D eigenvalue weighted by atomic mass is 16.6. The molecule has 2 aromatic heterocycles. The molecule has 10 nitrogen and oxygen atoms in total. The Morgan fingerprint density at radius 3 is 2.84 bits per heavy atom. The number of aromatic nitrogens is 2. The summed E-state index contributed by atoms with van der Waals surface area (Å²) < 4.78 is 12.5. The molecule has 3 aliphatic rings. The first-order valence-corrected chi connectivity index (χ1v) is 11.9. The van der Waals surface area contributed by atoms with Crippen molar-refractivity contribution in [1.29, 1.82) is 0 Å². The lowest BCUT2D eigenvalue weighted by atomic mass is 9.83. The molecule has 1 amide bonds. The molecule has 1 N–H and O–H groups in total. The minimum absolute atomic E-state index is 0.253. The molecule has 1 fully saturated rings. The van der Waals surface area contributed by atoms with E-state index in [0.29, 0.717) is 59.8 Å². The maximum Gasteiger partial charge on any atom is 0.419 e. The number of ketones is 1. The van der Waals surface area contributed by atoms with Crippen LogP contribution in [-0.4, -0.2) is 45.6 Å². The van der Waals surface area contributed by atoms with Gasteiger partial charge in [0.25, 0.3) is 0 Å². The zero-order chi connectivity index (χ0) is 25.7. The Hall–Kier alpha value is -4.69. The average Bonchev–Trinajstić information content (AvgIpc) is 3.04. The van der Waals surface area contributed by atoms with E-state index in [2.05, 4.69) is 25.9 Å². The number of carbonyl (C=O) groups is 2. The molecule has 5 heterocycles. The summed E-state index contributed by atoms with van der Waals surface area (Å²) in [7, 11) is 1.63. The summed E-state index contributed by atoms with van der Waals surface area (Å²) in [6.45, 7) is 2.96. The molecule has 3 aliphatic heterocycles. The van der Waals surface area contributed by atoms with E-state index in [1.807, 2.05) is 19.1 Å². The predicted octanol–water partition coefficient (Wildman–Crippen LogP) is 3.58. The summed E-state index contributed by atoms with van der Waals surface area (Å²) in [5.41, 5.74) is 5.65. The molecule has 3 aromatic rings. The maximum atomic E-state index is 13.4. The van der Waals surface area contributed by atoms with E-state index in [0.717, 1.165) is 11.1 Å². The van der Waals surface area contributed by atoms with Crippen molar-refractivity contribution in [1.82, 2.24) is 14.5 Å². The zero-order valence-electron chi connectivity index (χ0n) is 20.3. The fourth-order valence-corrected chi connectivity index (χ4v) is 5.24. The van der Waals surface area contributed by atoms with Crippen molar-refractivity contribution in [2.45, 2.75) is 25.4 Å². The van der Waals surface area contributed by atoms with E-state index in [4.69, 9.17) is 9.15 Å². The third-order valence-electron chi connectivity index (χ3n) is 7.07. The van der Waals surface area contributed by atoms with Gasteiger partial charge in [0.05, 0.1) is 11.1 Å². The zero-order valence-corrected chi connectivity index (χ0v) is 20.3. The standard InChI is InChI=1S/C27H23N5O5/c1-16-13-18(14-20-22(16)31(2)26(35)36-20)23(33)17-5-3-9-28-21(15-17)32-11-7-27(8-12-32)19-6-4-10-29-24(19)30-25(34)37-27/h3-4,6,9-10,13-15H,7-8,11-12H2,1-2H3,(H,29,30,34). The smallest absolute Gasteiger partial charge is 0.419 e. The Balaban J connectivity index is 1.26. The highest BCUT2D eigenvalue weighted by Gasteiger charge is 2.45. The number of Topliss-reactive ketones (excluding diaryl/α,β-unsaturated/α-hetero) is 1. The van der Waals surface area contributed by atoms with Gasteiger partial charge in [0.2, 0.25) is 5.78 Å². The normalized spacial score (nSPS) is 18.1. The second-order valence-electron chi connectivity index (χ2n) is 9.30. The molecule has 0 atom stereocenters. The molecule has 37 heavy (non-hydrogen) atoms. The number of amides is 1. The van der Waals surface area contributed by atoms with E-state index in [1.54, 1.807) is 43.7 Å². The number of aliphatic imine (C=N–C) groups is 1. The highest BCUT2D eigenvalue weighted by Crippen LogP contribution is 2.43. The lowest BCUT2D eigenvalue weighted by molar-refractivity contribution is -0.0324. The fourth-order valence-electron chi connectivity index (χ4n) is 5.24. The molecule has 0 saturated carbocycles. The van der Waals surface area contributed by atoms with Crippen molar-refractivity contribution in [3.8, 4) is 0 Å². The van der Waals surface area contributed by atoms with E-state index < -0.39 is 17.5 Å². The number of piperidine rings is 1. The number of carbonyl (C=O) groups excluding carboxylic acids is 2. The summed E-state index contributed by atoms with van der Waals surface area (Å²) in [5, 5.41) is 2.67. The van der Waals surface area contributed by atoms with Crippen LogP contribution in [0.4, 0.5) is 10.6 Å². The van der Waals surface area contributed by atoms with Gasteiger partial charge in [-0.15, -0.1) is 5.73 Å². The van der Waals surface area contributed by atoms with Crippen molar-refractivity contribution >= 4 is 35.0 Å². The molecule has 0 radical (unpaired) electrons. The minimum Gasteiger partial charge on any atom is -0.437 e. The third-order valence-corrected chi connectivity index (χ3v) is 7.07. The predicted molar refractivity (Wildman–Crippen MR) is 136 cm³/mol. The van der Waals surface area contributed by atoms with Crippen molar-refractivity contribution < 1.29 is 18.7 Å². The van der Waals surface area contributed by atoms with Crippen LogP contribution in [0.25, 0.3) is 11.1 Å². The van der Waals surface area contributed by atoms with Gasteiger partial charge in [-0.2, -0.15) is 0 Å². The molecule has 186 valence electrons. The molecule has 1 spiro atoms. The number of anilines is 1. The SMILES string of the molecule is Cc1cc(C(=O)C2=C=CC=NC(N3CCC4(CC3)OC(=O)Nc3ncccc34)=C2)cc2oc(=O)n(C)c12. The molecule has 0 bridgehead atoms. The average molecular weight is 498 g/mol. The van der Waals surface area contributed by atoms with Gasteiger partial charge in [-0.05, 0) is 48.9 Å². The van der Waals surface area contributed by atoms with Crippen molar-refractivity contribution in [3.05, 3.63) is 87.0 Å². The van der Waals surface area contributed by atoms with Gasteiger partial charge in [0, 0.05) is 56.5 Å². The number of likely N-dealkylation sites (tertiary alicyclic amines) is 1. The van der Waals surface area contributed by atoms with Crippen LogP contribution >= 0.6 is 0 Å². The monoisotopic (exact) mass is 497 g/mol. The Morgan fingerprint density at radius 1 is 1.22 bits per heavy atom. The van der Waals surface area contributed by atoms with Crippen molar-refractivity contribution in [3.63, 3.8) is 0 Å². The number of ether oxygens (including phenoxy) is 1. The molecular formula is C27H23N5O5. The summed E-state index contributed by atoms with van der Waals surface area (Å²) in [6.07, 6.45) is 7.15.